The number of hydrogen-bond acceptors (Lipinski definition) is 2. The molecular weight excluding hydrogens is 510 g/mol. The van der Waals surface area contributed by atoms with Crippen molar-refractivity contribution in [2.75, 3.05) is 4.90 Å². The number of hydrogen-bond donors (Lipinski definition) is 0. The van der Waals surface area contributed by atoms with Crippen LogP contribution in [-0.2, 0) is 0 Å². The first kappa shape index (κ1) is 13.8. The Morgan fingerprint density at radius 2 is 1.17 bits per heavy atom. The van der Waals surface area contributed by atoms with E-state index in [1.165, 1.54) is 0 Å². The number of furan rings is 1. The molecule has 8 aromatic rings. The molecule has 0 aliphatic rings. The van der Waals surface area contributed by atoms with E-state index < -0.39 is 107 Å². The molecule has 1 aromatic heterocycles. The highest BCUT2D eigenvalue weighted by atomic mass is 16.3. The van der Waals surface area contributed by atoms with Crippen molar-refractivity contribution in [2.45, 2.75) is 0 Å². The topological polar surface area (TPSA) is 16.4 Å². The maximum atomic E-state index is 9.17. The van der Waals surface area contributed by atoms with Gasteiger partial charge in [0.25, 0.3) is 0 Å². The van der Waals surface area contributed by atoms with Gasteiger partial charge in [-0.15, -0.1) is 0 Å². The Bertz CT molecular complexity index is 2890. The summed E-state index contributed by atoms with van der Waals surface area (Å²) in [7, 11) is 0. The number of nitrogens with zero attached hydrogens (tertiary/aromatic N) is 1. The first-order valence-electron chi connectivity index (χ1n) is 20.1. The van der Waals surface area contributed by atoms with Crippen LogP contribution in [0.5, 0.6) is 0 Å². The van der Waals surface area contributed by atoms with E-state index in [2.05, 4.69) is 0 Å². The van der Waals surface area contributed by atoms with Crippen molar-refractivity contribution in [3.63, 3.8) is 0 Å². The van der Waals surface area contributed by atoms with Crippen LogP contribution in [0.1, 0.15) is 19.2 Å². The molecule has 0 saturated carbocycles. The predicted octanol–water partition coefficient (Wildman–Crippen LogP) is 11.5. The van der Waals surface area contributed by atoms with Gasteiger partial charge in [-0.05, 0) is 76.1 Å². The van der Waals surface area contributed by atoms with Crippen LogP contribution in [0, 0.1) is 0 Å². The summed E-state index contributed by atoms with van der Waals surface area (Å²) < 4.78 is 127. The molecule has 0 bridgehead atoms. The quantitative estimate of drug-likeness (QED) is 0.211. The minimum atomic E-state index is -0.764. The maximum Gasteiger partial charge on any atom is 0.143 e. The summed E-state index contributed by atoms with van der Waals surface area (Å²) in [4.78, 5) is 1.07. The third-order valence-electron chi connectivity index (χ3n) is 7.12. The van der Waals surface area contributed by atoms with Gasteiger partial charge in [0.2, 0.25) is 0 Å². The van der Waals surface area contributed by atoms with Crippen LogP contribution in [0.25, 0.3) is 55.0 Å². The van der Waals surface area contributed by atoms with Crippen molar-refractivity contribution >= 4 is 49.8 Å². The smallest absolute Gasteiger partial charge is 0.143 e. The van der Waals surface area contributed by atoms with Gasteiger partial charge in [-0.2, -0.15) is 0 Å². The molecule has 0 aliphatic carbocycles. The average molecular weight is 552 g/mol. The lowest BCUT2D eigenvalue weighted by Gasteiger charge is -2.26. The van der Waals surface area contributed by atoms with Gasteiger partial charge < -0.3 is 9.32 Å². The van der Waals surface area contributed by atoms with E-state index in [4.69, 9.17) is 23.6 Å². The zero-order valence-corrected chi connectivity index (χ0v) is 21.9. The van der Waals surface area contributed by atoms with Crippen molar-refractivity contribution < 1.29 is 23.6 Å². The largest absolute Gasteiger partial charge is 0.455 e. The summed E-state index contributed by atoms with van der Waals surface area (Å²) in [5, 5.41) is 3.72. The predicted molar refractivity (Wildman–Crippen MR) is 177 cm³/mol. The molecule has 0 radical (unpaired) electrons. The molecule has 7 aromatic carbocycles. The highest BCUT2D eigenvalue weighted by molar-refractivity contribution is 6.19. The molecule has 0 unspecified atom stereocenters. The van der Waals surface area contributed by atoms with Crippen LogP contribution in [-0.4, -0.2) is 0 Å². The van der Waals surface area contributed by atoms with Crippen molar-refractivity contribution in [3.05, 3.63) is 163 Å². The normalized spacial score (nSPS) is 16.0. The highest BCUT2D eigenvalue weighted by Crippen LogP contribution is 2.41. The van der Waals surface area contributed by atoms with E-state index in [-0.39, 0.29) is 5.69 Å². The molecule has 42 heavy (non-hydrogen) atoms. The molecule has 0 spiro atoms. The molecule has 198 valence electrons. The van der Waals surface area contributed by atoms with Crippen LogP contribution in [0.4, 0.5) is 17.1 Å². The molecular formula is C40H27NO. The van der Waals surface area contributed by atoms with E-state index in [1.54, 1.807) is 24.3 Å². The number of rotatable bonds is 5. The summed E-state index contributed by atoms with van der Waals surface area (Å²) in [6.45, 7) is 0. The van der Waals surface area contributed by atoms with Gasteiger partial charge >= 0.3 is 0 Å². The van der Waals surface area contributed by atoms with Crippen molar-refractivity contribution in [2.24, 2.45) is 0 Å². The molecule has 0 amide bonds. The summed E-state index contributed by atoms with van der Waals surface area (Å²) in [5.74, 6) is 0. The van der Waals surface area contributed by atoms with E-state index in [0.717, 1.165) is 37.6 Å². The van der Waals surface area contributed by atoms with E-state index in [1.807, 2.05) is 54.6 Å². The summed E-state index contributed by atoms with van der Waals surface area (Å²) in [6.07, 6.45) is 0. The minimum Gasteiger partial charge on any atom is -0.455 e. The van der Waals surface area contributed by atoms with E-state index in [0.29, 0.717) is 11.1 Å². The summed E-state index contributed by atoms with van der Waals surface area (Å²) in [6, 6.07) is 14.1. The zero-order chi connectivity index (χ0) is 40.1. The summed E-state index contributed by atoms with van der Waals surface area (Å²) in [5.41, 5.74) is 1.01. The minimum absolute atomic E-state index is 0.124. The first-order chi connectivity index (χ1) is 26.6. The molecule has 0 saturated heterocycles. The summed E-state index contributed by atoms with van der Waals surface area (Å²) >= 11 is 0. The fourth-order valence-electron chi connectivity index (χ4n) is 5.23. The molecule has 1 heterocycles. The van der Waals surface area contributed by atoms with Crippen LogP contribution < -0.4 is 4.90 Å². The Labute approximate surface area is 264 Å². The van der Waals surface area contributed by atoms with Gasteiger partial charge in [-0.3, -0.25) is 0 Å². The van der Waals surface area contributed by atoms with Gasteiger partial charge in [0, 0.05) is 33.2 Å². The molecule has 0 atom stereocenters. The Morgan fingerprint density at radius 1 is 0.476 bits per heavy atom. The van der Waals surface area contributed by atoms with Crippen LogP contribution in [0.2, 0.25) is 0 Å². The van der Waals surface area contributed by atoms with E-state index >= 15 is 0 Å². The number of anilines is 3. The number of para-hydroxylation sites is 1. The third kappa shape index (κ3) is 4.13. The molecule has 0 fully saturated rings. The number of benzene rings is 7. The van der Waals surface area contributed by atoms with Crippen LogP contribution in [0.3, 0.4) is 0 Å². The van der Waals surface area contributed by atoms with Gasteiger partial charge in [-0.25, -0.2) is 0 Å². The Morgan fingerprint density at radius 3 is 1.95 bits per heavy atom. The molecule has 2 heteroatoms. The second-order valence-corrected chi connectivity index (χ2v) is 9.52. The van der Waals surface area contributed by atoms with Crippen molar-refractivity contribution in [3.8, 4) is 22.3 Å². The number of fused-ring (bicyclic) bond motifs is 5. The second kappa shape index (κ2) is 10.1. The zero-order valence-electron chi connectivity index (χ0n) is 35.9. The fourth-order valence-corrected chi connectivity index (χ4v) is 5.23. The highest BCUT2D eigenvalue weighted by Gasteiger charge is 2.16. The van der Waals surface area contributed by atoms with Crippen LogP contribution in [0.15, 0.2) is 168 Å². The first-order valence-corrected chi connectivity index (χ1v) is 13.1. The lowest BCUT2D eigenvalue weighted by molar-refractivity contribution is 0.673. The Kier molecular flexibility index (Phi) is 3.33. The van der Waals surface area contributed by atoms with Gasteiger partial charge in [0.05, 0.1) is 19.2 Å². The maximum absolute atomic E-state index is 9.17. The molecule has 0 N–H and O–H groups in total. The SMILES string of the molecule is [2H]c1c([2H])c([2H])c(-c2c([2H])c([2H])c(N(c3ccc(-c4cccc5oc6c7ccccc7ccc6c45)cc3)c3c([2H])c([2H])c([2H])c([2H])c3[2H])c([2H])c2[2H])c([2H])c1[2H]. The standard InChI is InChI=1S/C40H27NO/c1-3-10-28(11-4-1)29-18-23-33(24-19-29)41(32-13-5-2-6-14-32)34-25-20-31(21-26-34)35-16-9-17-38-39(35)37-27-22-30-12-7-8-15-36(30)40(37)42-38/h1-27H/i1D,2D,3D,4D,5D,6D,10D,11D,13D,14D,18D,19D,23D,24D. The van der Waals surface area contributed by atoms with Gasteiger partial charge in [-0.1, -0.05) is 115 Å². The Hall–Kier alpha value is -5.60. The second-order valence-electron chi connectivity index (χ2n) is 9.52. The van der Waals surface area contributed by atoms with Crippen molar-refractivity contribution in [1.82, 2.24) is 0 Å². The van der Waals surface area contributed by atoms with Gasteiger partial charge in [0.1, 0.15) is 11.2 Å². The van der Waals surface area contributed by atoms with Gasteiger partial charge in [0.15, 0.2) is 0 Å². The lowest BCUT2D eigenvalue weighted by atomic mass is 9.98. The third-order valence-corrected chi connectivity index (χ3v) is 7.12. The monoisotopic (exact) mass is 551 g/mol. The molecule has 0 aliphatic heterocycles. The molecule has 8 rings (SSSR count). The van der Waals surface area contributed by atoms with Crippen molar-refractivity contribution in [1.29, 1.82) is 0 Å². The fraction of sp³-hybridized carbons (Fsp3) is 0. The van der Waals surface area contributed by atoms with E-state index in [9.17, 15) is 0 Å². The Balaban J connectivity index is 1.37. The average Bonchev–Trinajstić information content (AvgIpc) is 3.60. The van der Waals surface area contributed by atoms with Crippen LogP contribution >= 0.6 is 0 Å². The lowest BCUT2D eigenvalue weighted by Crippen LogP contribution is -2.09. The molecule has 2 nitrogen and oxygen atoms in total.